The highest BCUT2D eigenvalue weighted by molar-refractivity contribution is 5.71. The minimum absolute atomic E-state index is 0.136. The molecule has 0 bridgehead atoms. The lowest BCUT2D eigenvalue weighted by atomic mass is 10.1. The number of hydrogen-bond acceptors (Lipinski definition) is 6. The molecule has 0 aromatic carbocycles. The van der Waals surface area contributed by atoms with Gasteiger partial charge >= 0.3 is 17.9 Å². The van der Waals surface area contributed by atoms with Gasteiger partial charge in [-0.05, 0) is 128 Å². The van der Waals surface area contributed by atoms with Gasteiger partial charge in [-0.2, -0.15) is 0 Å². The zero-order valence-electron chi connectivity index (χ0n) is 43.6. The molecule has 6 heteroatoms. The predicted octanol–water partition coefficient (Wildman–Crippen LogP) is 18.3. The normalized spacial score (nSPS) is 13.2. The van der Waals surface area contributed by atoms with Crippen LogP contribution in [-0.4, -0.2) is 37.2 Å². The quantitative estimate of drug-likeness (QED) is 0.0262. The lowest BCUT2D eigenvalue weighted by molar-refractivity contribution is -0.167. The molecule has 6 nitrogen and oxygen atoms in total. The molecule has 0 rings (SSSR count). The van der Waals surface area contributed by atoms with Crippen molar-refractivity contribution >= 4 is 17.9 Å². The Balaban J connectivity index is 4.63. The van der Waals surface area contributed by atoms with Crippen molar-refractivity contribution in [3.05, 3.63) is 134 Å². The first-order valence-corrected chi connectivity index (χ1v) is 27.2. The van der Waals surface area contributed by atoms with Crippen molar-refractivity contribution in [2.24, 2.45) is 0 Å². The number of carbonyl (C=O) groups is 3. The first-order chi connectivity index (χ1) is 33.5. The summed E-state index contributed by atoms with van der Waals surface area (Å²) in [4.78, 5) is 38.0. The maximum atomic E-state index is 12.8. The van der Waals surface area contributed by atoms with Gasteiger partial charge in [0.15, 0.2) is 6.10 Å². The molecule has 0 aliphatic carbocycles. The van der Waals surface area contributed by atoms with Gasteiger partial charge in [-0.3, -0.25) is 14.4 Å². The van der Waals surface area contributed by atoms with E-state index in [4.69, 9.17) is 14.2 Å². The second-order valence-electron chi connectivity index (χ2n) is 17.4. The van der Waals surface area contributed by atoms with E-state index >= 15 is 0 Å². The van der Waals surface area contributed by atoms with Crippen LogP contribution in [0.2, 0.25) is 0 Å². The zero-order chi connectivity index (χ0) is 49.3. The van der Waals surface area contributed by atoms with Crippen LogP contribution in [-0.2, 0) is 28.6 Å². The predicted molar refractivity (Wildman–Crippen MR) is 292 cm³/mol. The van der Waals surface area contributed by atoms with Gasteiger partial charge in [0.05, 0.1) is 0 Å². The van der Waals surface area contributed by atoms with Crippen LogP contribution in [0.4, 0.5) is 0 Å². The summed E-state index contributed by atoms with van der Waals surface area (Å²) in [5.74, 6) is -1.08. The highest BCUT2D eigenvalue weighted by Gasteiger charge is 2.19. The smallest absolute Gasteiger partial charge is 0.306 e. The van der Waals surface area contributed by atoms with Gasteiger partial charge < -0.3 is 14.2 Å². The molecule has 0 fully saturated rings. The van der Waals surface area contributed by atoms with Gasteiger partial charge in [0.1, 0.15) is 13.2 Å². The van der Waals surface area contributed by atoms with Crippen molar-refractivity contribution in [3.8, 4) is 0 Å². The first kappa shape index (κ1) is 63.5. The third-order valence-corrected chi connectivity index (χ3v) is 10.9. The van der Waals surface area contributed by atoms with Gasteiger partial charge in [0.25, 0.3) is 0 Å². The molecule has 0 aromatic rings. The van der Waals surface area contributed by atoms with E-state index < -0.39 is 6.10 Å². The number of unbranched alkanes of at least 4 members (excludes halogenated alkanes) is 14. The number of esters is 3. The summed E-state index contributed by atoms with van der Waals surface area (Å²) in [7, 11) is 0. The third-order valence-electron chi connectivity index (χ3n) is 10.9. The summed E-state index contributed by atoms with van der Waals surface area (Å²) >= 11 is 0. The lowest BCUT2D eigenvalue weighted by Crippen LogP contribution is -2.30. The molecule has 0 heterocycles. The van der Waals surface area contributed by atoms with E-state index in [9.17, 15) is 14.4 Å². The van der Waals surface area contributed by atoms with Crippen LogP contribution in [0.15, 0.2) is 134 Å². The Labute approximate surface area is 417 Å². The van der Waals surface area contributed by atoms with Crippen molar-refractivity contribution in [1.82, 2.24) is 0 Å². The standard InChI is InChI=1S/C62H98O6/c1-4-7-10-13-16-19-22-25-28-31-34-37-40-43-46-49-52-55-61(64)67-58-59(57-66-60(63)54-51-48-45-42-39-36-33-30-27-24-21-18-15-12-9-6-3)68-62(65)56-53-50-47-44-41-38-35-32-29-26-23-20-17-14-11-8-5-2/h9,12,16,18-19,21,25-30,34-39,43-44,46-47,59H,4-8,10-11,13-15,17,20,22-24,31-33,40-42,45,48-58H2,1-3H3/b12-9-,19-16-,21-18-,28-25-,29-26-,30-27-,37-34-,38-35-,39-36-,46-43-,47-44-. The molecule has 0 spiro atoms. The molecular formula is C62H98O6. The van der Waals surface area contributed by atoms with Crippen molar-refractivity contribution in [1.29, 1.82) is 0 Å². The maximum Gasteiger partial charge on any atom is 0.306 e. The van der Waals surface area contributed by atoms with Gasteiger partial charge in [0, 0.05) is 19.3 Å². The summed E-state index contributed by atoms with van der Waals surface area (Å²) in [6, 6.07) is 0. The third kappa shape index (κ3) is 52.5. The SMILES string of the molecule is CC/C=C\C/C=C\C/C=C\C/C=C\CCCCCC(=O)OCC(COC(=O)CCC/C=C\C/C=C\C/C=C\C/C=C\CCCCC)OC(=O)CCC/C=C\C/C=C\C/C=C\CCCCCCCC. The van der Waals surface area contributed by atoms with E-state index in [2.05, 4.69) is 154 Å². The molecule has 1 atom stereocenters. The fourth-order valence-corrected chi connectivity index (χ4v) is 6.79. The second kappa shape index (κ2) is 55.1. The van der Waals surface area contributed by atoms with E-state index in [1.54, 1.807) is 0 Å². The molecule has 68 heavy (non-hydrogen) atoms. The number of allylic oxidation sites excluding steroid dienone is 22. The highest BCUT2D eigenvalue weighted by Crippen LogP contribution is 2.11. The Hall–Kier alpha value is -4.45. The summed E-state index contributed by atoms with van der Waals surface area (Å²) in [5, 5.41) is 0. The zero-order valence-corrected chi connectivity index (χ0v) is 43.6. The van der Waals surface area contributed by atoms with E-state index in [0.717, 1.165) is 96.3 Å². The Kier molecular flexibility index (Phi) is 51.5. The largest absolute Gasteiger partial charge is 0.462 e. The summed E-state index contributed by atoms with van der Waals surface area (Å²) in [5.41, 5.74) is 0. The summed E-state index contributed by atoms with van der Waals surface area (Å²) < 4.78 is 16.7. The Morgan fingerprint density at radius 1 is 0.309 bits per heavy atom. The average Bonchev–Trinajstić information content (AvgIpc) is 3.34. The van der Waals surface area contributed by atoms with E-state index in [1.807, 2.05) is 0 Å². The Morgan fingerprint density at radius 2 is 0.588 bits per heavy atom. The number of hydrogen-bond donors (Lipinski definition) is 0. The van der Waals surface area contributed by atoms with E-state index in [-0.39, 0.29) is 44.0 Å². The minimum atomic E-state index is -0.845. The van der Waals surface area contributed by atoms with Crippen LogP contribution in [0, 0.1) is 0 Å². The topological polar surface area (TPSA) is 78.9 Å². The molecule has 1 unspecified atom stereocenters. The van der Waals surface area contributed by atoms with Crippen LogP contribution in [0.5, 0.6) is 0 Å². The van der Waals surface area contributed by atoms with Crippen LogP contribution < -0.4 is 0 Å². The fraction of sp³-hybridized carbons (Fsp3) is 0.597. The lowest BCUT2D eigenvalue weighted by Gasteiger charge is -2.18. The van der Waals surface area contributed by atoms with Crippen molar-refractivity contribution in [2.45, 2.75) is 226 Å². The summed E-state index contributed by atoms with van der Waals surface area (Å²) in [6.07, 6.45) is 77.3. The van der Waals surface area contributed by atoms with Crippen LogP contribution in [0.3, 0.4) is 0 Å². The van der Waals surface area contributed by atoms with Crippen LogP contribution in [0.1, 0.15) is 220 Å². The Morgan fingerprint density at radius 3 is 0.985 bits per heavy atom. The van der Waals surface area contributed by atoms with Gasteiger partial charge in [-0.15, -0.1) is 0 Å². The molecule has 0 aliphatic heterocycles. The van der Waals surface area contributed by atoms with E-state index in [1.165, 1.54) is 70.6 Å². The van der Waals surface area contributed by atoms with Gasteiger partial charge in [-0.25, -0.2) is 0 Å². The van der Waals surface area contributed by atoms with Gasteiger partial charge in [-0.1, -0.05) is 206 Å². The Bertz CT molecular complexity index is 1500. The van der Waals surface area contributed by atoms with Crippen molar-refractivity contribution in [2.75, 3.05) is 13.2 Å². The molecule has 0 aromatic heterocycles. The molecule has 0 N–H and O–H groups in total. The molecule has 0 aliphatic rings. The monoisotopic (exact) mass is 939 g/mol. The number of rotatable bonds is 47. The molecule has 0 saturated carbocycles. The van der Waals surface area contributed by atoms with Gasteiger partial charge in [0.2, 0.25) is 0 Å². The summed E-state index contributed by atoms with van der Waals surface area (Å²) in [6.45, 7) is 6.35. The van der Waals surface area contributed by atoms with Crippen molar-refractivity contribution < 1.29 is 28.6 Å². The number of carbonyl (C=O) groups excluding carboxylic acids is 3. The minimum Gasteiger partial charge on any atom is -0.462 e. The number of ether oxygens (including phenoxy) is 3. The van der Waals surface area contributed by atoms with Crippen LogP contribution in [0.25, 0.3) is 0 Å². The molecule has 0 amide bonds. The molecular weight excluding hydrogens is 841 g/mol. The fourth-order valence-electron chi connectivity index (χ4n) is 6.79. The molecule has 0 saturated heterocycles. The molecule has 382 valence electrons. The highest BCUT2D eigenvalue weighted by atomic mass is 16.6. The van der Waals surface area contributed by atoms with Crippen molar-refractivity contribution in [3.63, 3.8) is 0 Å². The van der Waals surface area contributed by atoms with E-state index in [0.29, 0.717) is 19.3 Å². The van der Waals surface area contributed by atoms with Crippen LogP contribution >= 0.6 is 0 Å². The first-order valence-electron chi connectivity index (χ1n) is 27.2. The second-order valence-corrected chi connectivity index (χ2v) is 17.4. The average molecular weight is 939 g/mol. The maximum absolute atomic E-state index is 12.8. The molecule has 0 radical (unpaired) electrons.